The first-order valence-corrected chi connectivity index (χ1v) is 9.38. The molecule has 1 N–H and O–H groups in total. The van der Waals surface area contributed by atoms with Crippen LogP contribution in [0.25, 0.3) is 10.9 Å². The first kappa shape index (κ1) is 20.1. The molecule has 0 unspecified atom stereocenters. The van der Waals surface area contributed by atoms with Crippen LogP contribution < -0.4 is 5.56 Å². The lowest BCUT2D eigenvalue weighted by Gasteiger charge is -2.33. The Morgan fingerprint density at radius 2 is 1.87 bits per heavy atom. The molecule has 0 radical (unpaired) electrons. The fourth-order valence-corrected chi connectivity index (χ4v) is 3.73. The highest BCUT2D eigenvalue weighted by Crippen LogP contribution is 2.30. The number of likely N-dealkylation sites (tertiary alicyclic amines) is 1. The van der Waals surface area contributed by atoms with Crippen LogP contribution in [0.15, 0.2) is 47.3 Å². The lowest BCUT2D eigenvalue weighted by Crippen LogP contribution is -2.39. The van der Waals surface area contributed by atoms with Gasteiger partial charge in [0.15, 0.2) is 0 Å². The van der Waals surface area contributed by atoms with E-state index in [4.69, 9.17) is 0 Å². The Bertz CT molecular complexity index is 1160. The van der Waals surface area contributed by atoms with Crippen LogP contribution in [-0.4, -0.2) is 33.9 Å². The Labute approximate surface area is 168 Å². The third-order valence-electron chi connectivity index (χ3n) is 5.25. The number of aromatic nitrogens is 2. The highest BCUT2D eigenvalue weighted by atomic mass is 19.4. The van der Waals surface area contributed by atoms with Gasteiger partial charge in [-0.15, -0.1) is 0 Å². The first-order chi connectivity index (χ1) is 14.2. The van der Waals surface area contributed by atoms with Gasteiger partial charge in [-0.3, -0.25) is 9.59 Å². The zero-order valence-corrected chi connectivity index (χ0v) is 15.7. The second kappa shape index (κ2) is 7.55. The number of rotatable bonds is 2. The van der Waals surface area contributed by atoms with Crippen molar-refractivity contribution in [2.24, 2.45) is 0 Å². The summed E-state index contributed by atoms with van der Waals surface area (Å²) in [5.41, 5.74) is -0.837. The minimum Gasteiger partial charge on any atom is -0.338 e. The van der Waals surface area contributed by atoms with Gasteiger partial charge in [0.2, 0.25) is 0 Å². The first-order valence-electron chi connectivity index (χ1n) is 9.38. The summed E-state index contributed by atoms with van der Waals surface area (Å²) in [6, 6.07) is 8.56. The molecule has 0 aliphatic carbocycles. The van der Waals surface area contributed by atoms with Crippen molar-refractivity contribution >= 4 is 16.8 Å². The SMILES string of the molecule is O=C(c1ccc(F)cc1)N1CCC[C@@H](c2cc3nc(C(F)(F)F)ccc3c(=O)[nH]2)C1. The number of benzene rings is 1. The lowest BCUT2D eigenvalue weighted by atomic mass is 9.93. The van der Waals surface area contributed by atoms with E-state index in [1.54, 1.807) is 4.90 Å². The van der Waals surface area contributed by atoms with Crippen LogP contribution in [0.5, 0.6) is 0 Å². The number of amides is 1. The Morgan fingerprint density at radius 1 is 1.13 bits per heavy atom. The topological polar surface area (TPSA) is 66.1 Å². The van der Waals surface area contributed by atoms with Crippen LogP contribution in [0.4, 0.5) is 17.6 Å². The number of halogens is 4. The predicted octanol–water partition coefficient (Wildman–Crippen LogP) is 4.10. The van der Waals surface area contributed by atoms with E-state index in [-0.39, 0.29) is 29.3 Å². The third-order valence-corrected chi connectivity index (χ3v) is 5.25. The Kier molecular flexibility index (Phi) is 5.05. The standard InChI is InChI=1S/C21H17F4N3O2/c22-14-5-3-12(4-6-14)20(30)28-9-1-2-13(11-28)16-10-17-15(19(29)27-16)7-8-18(26-17)21(23,24)25/h3-8,10,13H,1-2,9,11H2,(H,27,29)/t13-/m1/s1. The molecule has 1 saturated heterocycles. The van der Waals surface area contributed by atoms with Gasteiger partial charge in [0.1, 0.15) is 11.5 Å². The molecule has 4 rings (SSSR count). The minimum absolute atomic E-state index is 0.0365. The summed E-state index contributed by atoms with van der Waals surface area (Å²) in [5.74, 6) is -0.959. The molecule has 1 aliphatic heterocycles. The van der Waals surface area contributed by atoms with Crippen molar-refractivity contribution in [3.05, 3.63) is 75.6 Å². The molecule has 5 nitrogen and oxygen atoms in total. The zero-order chi connectivity index (χ0) is 21.5. The highest BCUT2D eigenvalue weighted by molar-refractivity contribution is 5.94. The smallest absolute Gasteiger partial charge is 0.338 e. The number of H-pyrrole nitrogens is 1. The number of hydrogen-bond donors (Lipinski definition) is 1. The van der Waals surface area contributed by atoms with E-state index in [0.29, 0.717) is 30.6 Å². The summed E-state index contributed by atoms with van der Waals surface area (Å²) in [7, 11) is 0. The van der Waals surface area contributed by atoms with Gasteiger partial charge in [-0.05, 0) is 55.3 Å². The number of nitrogens with one attached hydrogen (secondary N) is 1. The summed E-state index contributed by atoms with van der Waals surface area (Å²) < 4.78 is 52.1. The van der Waals surface area contributed by atoms with Crippen LogP contribution in [-0.2, 0) is 6.18 Å². The van der Waals surface area contributed by atoms with Crippen LogP contribution in [0.1, 0.15) is 40.5 Å². The molecule has 1 amide bonds. The molecule has 1 aliphatic rings. The molecule has 3 aromatic rings. The quantitative estimate of drug-likeness (QED) is 0.636. The molecule has 9 heteroatoms. The van der Waals surface area contributed by atoms with E-state index < -0.39 is 23.2 Å². The number of carbonyl (C=O) groups excluding carboxylic acids is 1. The maximum atomic E-state index is 13.1. The normalized spacial score (nSPS) is 17.3. The molecular weight excluding hydrogens is 402 g/mol. The number of fused-ring (bicyclic) bond motifs is 1. The molecule has 1 aromatic carbocycles. The Hall–Kier alpha value is -3.23. The summed E-state index contributed by atoms with van der Waals surface area (Å²) in [5, 5.41) is 0.0711. The van der Waals surface area contributed by atoms with Gasteiger partial charge in [-0.25, -0.2) is 9.37 Å². The molecule has 1 atom stereocenters. The van der Waals surface area contributed by atoms with Crippen molar-refractivity contribution < 1.29 is 22.4 Å². The summed E-state index contributed by atoms with van der Waals surface area (Å²) in [6.07, 6.45) is -3.29. The lowest BCUT2D eigenvalue weighted by molar-refractivity contribution is -0.140. The average Bonchev–Trinajstić information content (AvgIpc) is 2.73. The highest BCUT2D eigenvalue weighted by Gasteiger charge is 2.33. The number of aromatic amines is 1. The molecule has 0 spiro atoms. The number of hydrogen-bond acceptors (Lipinski definition) is 3. The van der Waals surface area contributed by atoms with E-state index in [9.17, 15) is 27.2 Å². The molecule has 2 aromatic heterocycles. The van der Waals surface area contributed by atoms with E-state index >= 15 is 0 Å². The molecule has 3 heterocycles. The molecule has 1 fully saturated rings. The van der Waals surface area contributed by atoms with Crippen molar-refractivity contribution in [3.63, 3.8) is 0 Å². The predicted molar refractivity (Wildman–Crippen MR) is 102 cm³/mol. The van der Waals surface area contributed by atoms with Gasteiger partial charge in [0.25, 0.3) is 11.5 Å². The summed E-state index contributed by atoms with van der Waals surface area (Å²) >= 11 is 0. The second-order valence-corrected chi connectivity index (χ2v) is 7.28. The molecule has 156 valence electrons. The zero-order valence-electron chi connectivity index (χ0n) is 15.7. The molecule has 0 saturated carbocycles. The van der Waals surface area contributed by atoms with Gasteiger partial charge < -0.3 is 9.88 Å². The number of pyridine rings is 2. The largest absolute Gasteiger partial charge is 0.433 e. The van der Waals surface area contributed by atoms with Gasteiger partial charge in [0.05, 0.1) is 10.9 Å². The minimum atomic E-state index is -4.61. The number of carbonyl (C=O) groups is 1. The third kappa shape index (κ3) is 3.92. The fraction of sp³-hybridized carbons (Fsp3) is 0.286. The molecular formula is C21H17F4N3O2. The number of piperidine rings is 1. The van der Waals surface area contributed by atoms with Crippen molar-refractivity contribution in [2.75, 3.05) is 13.1 Å². The van der Waals surface area contributed by atoms with E-state index in [0.717, 1.165) is 12.1 Å². The van der Waals surface area contributed by atoms with Crippen molar-refractivity contribution in [2.45, 2.75) is 24.9 Å². The van der Waals surface area contributed by atoms with Gasteiger partial charge >= 0.3 is 6.18 Å². The Balaban J connectivity index is 1.63. The maximum Gasteiger partial charge on any atom is 0.433 e. The molecule has 0 bridgehead atoms. The number of nitrogens with zero attached hydrogens (tertiary/aromatic N) is 2. The van der Waals surface area contributed by atoms with Crippen LogP contribution in [0.3, 0.4) is 0 Å². The van der Waals surface area contributed by atoms with Crippen LogP contribution in [0.2, 0.25) is 0 Å². The van der Waals surface area contributed by atoms with Gasteiger partial charge in [0, 0.05) is 30.3 Å². The van der Waals surface area contributed by atoms with Gasteiger partial charge in [-0.1, -0.05) is 0 Å². The monoisotopic (exact) mass is 419 g/mol. The summed E-state index contributed by atoms with van der Waals surface area (Å²) in [4.78, 5) is 33.0. The van der Waals surface area contributed by atoms with Crippen molar-refractivity contribution in [1.29, 1.82) is 0 Å². The second-order valence-electron chi connectivity index (χ2n) is 7.28. The van der Waals surface area contributed by atoms with E-state index in [1.165, 1.54) is 30.3 Å². The van der Waals surface area contributed by atoms with Crippen molar-refractivity contribution in [1.82, 2.24) is 14.9 Å². The number of alkyl halides is 3. The van der Waals surface area contributed by atoms with Crippen LogP contribution >= 0.6 is 0 Å². The average molecular weight is 419 g/mol. The molecule has 30 heavy (non-hydrogen) atoms. The van der Waals surface area contributed by atoms with E-state index in [1.807, 2.05) is 0 Å². The summed E-state index contributed by atoms with van der Waals surface area (Å²) in [6.45, 7) is 0.789. The Morgan fingerprint density at radius 3 is 2.57 bits per heavy atom. The van der Waals surface area contributed by atoms with Gasteiger partial charge in [-0.2, -0.15) is 13.2 Å². The fourth-order valence-electron chi connectivity index (χ4n) is 3.73. The van der Waals surface area contributed by atoms with E-state index in [2.05, 4.69) is 9.97 Å². The maximum absolute atomic E-state index is 13.1. The van der Waals surface area contributed by atoms with Crippen LogP contribution in [0, 0.1) is 5.82 Å². The van der Waals surface area contributed by atoms with Crippen molar-refractivity contribution in [3.8, 4) is 0 Å².